The Morgan fingerprint density at radius 1 is 1.16 bits per heavy atom. The Hall–Kier alpha value is -3.17. The lowest BCUT2D eigenvalue weighted by atomic mass is 10.1. The third-order valence-electron chi connectivity index (χ3n) is 4.57. The van der Waals surface area contributed by atoms with Crippen LogP contribution < -0.4 is 16.1 Å². The Labute approximate surface area is 177 Å². The van der Waals surface area contributed by atoms with Crippen molar-refractivity contribution >= 4 is 11.8 Å². The van der Waals surface area contributed by atoms with E-state index in [1.165, 1.54) is 29.1 Å². The van der Waals surface area contributed by atoms with Crippen molar-refractivity contribution in [3.63, 3.8) is 0 Å². The number of carbonyl (C=O) groups excluding carboxylic acids is 2. The van der Waals surface area contributed by atoms with Crippen LogP contribution in [0.1, 0.15) is 72.0 Å². The summed E-state index contributed by atoms with van der Waals surface area (Å²) in [5.41, 5.74) is -2.06. The van der Waals surface area contributed by atoms with Crippen molar-refractivity contribution < 1.29 is 22.8 Å². The first-order valence-corrected chi connectivity index (χ1v) is 9.87. The monoisotopic (exact) mass is 438 g/mol. The predicted octanol–water partition coefficient (Wildman–Crippen LogP) is 3.39. The Kier molecular flexibility index (Phi) is 7.95. The van der Waals surface area contributed by atoms with E-state index in [0.717, 1.165) is 18.8 Å². The molecule has 0 aliphatic heterocycles. The number of carbonyl (C=O) groups is 2. The highest BCUT2D eigenvalue weighted by molar-refractivity contribution is 5.99. The van der Waals surface area contributed by atoms with Gasteiger partial charge in [-0.2, -0.15) is 13.2 Å². The number of rotatable bonds is 8. The molecule has 10 heteroatoms. The lowest BCUT2D eigenvalue weighted by Crippen LogP contribution is -2.41. The lowest BCUT2D eigenvalue weighted by molar-refractivity contribution is -0.155. The normalized spacial score (nSPS) is 12.5. The molecule has 31 heavy (non-hydrogen) atoms. The second kappa shape index (κ2) is 10.2. The van der Waals surface area contributed by atoms with E-state index in [1.54, 1.807) is 13.8 Å². The van der Waals surface area contributed by atoms with Crippen LogP contribution in [-0.4, -0.2) is 34.1 Å². The van der Waals surface area contributed by atoms with Crippen molar-refractivity contribution in [3.8, 4) is 0 Å². The van der Waals surface area contributed by atoms with Crippen LogP contribution in [0.5, 0.6) is 0 Å². The molecule has 2 rings (SSSR count). The minimum Gasteiger partial charge on any atom is -0.352 e. The van der Waals surface area contributed by atoms with Crippen molar-refractivity contribution in [3.05, 3.63) is 63.8 Å². The van der Waals surface area contributed by atoms with Crippen molar-refractivity contribution in [1.82, 2.24) is 20.2 Å². The largest absolute Gasteiger partial charge is 0.412 e. The van der Waals surface area contributed by atoms with Crippen LogP contribution in [0.15, 0.2) is 41.7 Å². The van der Waals surface area contributed by atoms with Gasteiger partial charge in [-0.05, 0) is 26.3 Å². The quantitative estimate of drug-likeness (QED) is 0.618. The van der Waals surface area contributed by atoms with Crippen LogP contribution in [-0.2, 0) is 0 Å². The summed E-state index contributed by atoms with van der Waals surface area (Å²) in [5, 5.41) is 4.46. The van der Waals surface area contributed by atoms with Gasteiger partial charge in [0.25, 0.3) is 11.8 Å². The second-order valence-electron chi connectivity index (χ2n) is 7.30. The Balaban J connectivity index is 2.44. The van der Waals surface area contributed by atoms with E-state index in [9.17, 15) is 27.6 Å². The number of hydrogen-bond acceptors (Lipinski definition) is 4. The van der Waals surface area contributed by atoms with Gasteiger partial charge in [-0.3, -0.25) is 19.4 Å². The minimum atomic E-state index is -4.81. The zero-order chi connectivity index (χ0) is 23.2. The molecule has 7 nitrogen and oxygen atoms in total. The Morgan fingerprint density at radius 3 is 2.32 bits per heavy atom. The van der Waals surface area contributed by atoms with Crippen molar-refractivity contribution in [2.24, 2.45) is 0 Å². The first-order valence-electron chi connectivity index (χ1n) is 9.87. The molecule has 2 aromatic rings. The highest BCUT2D eigenvalue weighted by Crippen LogP contribution is 2.32. The van der Waals surface area contributed by atoms with Crippen molar-refractivity contribution in [1.29, 1.82) is 0 Å². The average Bonchev–Trinajstić information content (AvgIpc) is 2.71. The highest BCUT2D eigenvalue weighted by atomic mass is 19.4. The van der Waals surface area contributed by atoms with E-state index in [1.807, 2.05) is 12.2 Å². The number of halogens is 3. The molecule has 0 bridgehead atoms. The zero-order valence-corrected chi connectivity index (χ0v) is 17.5. The maximum Gasteiger partial charge on any atom is 0.412 e. The fourth-order valence-corrected chi connectivity index (χ4v) is 2.80. The fourth-order valence-electron chi connectivity index (χ4n) is 2.80. The molecule has 168 valence electrons. The summed E-state index contributed by atoms with van der Waals surface area (Å²) in [6.07, 6.45) is 1.46. The molecule has 1 atom stereocenters. The number of alkyl halides is 3. The van der Waals surface area contributed by atoms with E-state index in [-0.39, 0.29) is 17.2 Å². The highest BCUT2D eigenvalue weighted by Gasteiger charge is 2.42. The lowest BCUT2D eigenvalue weighted by Gasteiger charge is -2.22. The van der Waals surface area contributed by atoms with Gasteiger partial charge in [0.05, 0.1) is 0 Å². The van der Waals surface area contributed by atoms with Crippen molar-refractivity contribution in [2.45, 2.75) is 51.9 Å². The summed E-state index contributed by atoms with van der Waals surface area (Å²) in [6, 6.07) is -0.114. The van der Waals surface area contributed by atoms with Gasteiger partial charge in [-0.15, -0.1) is 0 Å². The van der Waals surface area contributed by atoms with Crippen LogP contribution >= 0.6 is 0 Å². The van der Waals surface area contributed by atoms with Gasteiger partial charge in [0, 0.05) is 42.9 Å². The van der Waals surface area contributed by atoms with E-state index in [4.69, 9.17) is 0 Å². The smallest absolute Gasteiger partial charge is 0.352 e. The molecule has 0 aromatic carbocycles. The molecule has 0 saturated carbocycles. The number of nitrogens with zero attached hydrogens (tertiary/aromatic N) is 2. The van der Waals surface area contributed by atoms with Crippen molar-refractivity contribution in [2.75, 3.05) is 6.54 Å². The zero-order valence-electron chi connectivity index (χ0n) is 17.5. The molecule has 0 saturated heterocycles. The Morgan fingerprint density at radius 2 is 1.81 bits per heavy atom. The maximum absolute atomic E-state index is 13.6. The van der Waals surface area contributed by atoms with Gasteiger partial charge >= 0.3 is 6.18 Å². The fraction of sp³-hybridized carbons (Fsp3) is 0.429. The molecular formula is C21H25F3N4O3. The number of pyridine rings is 2. The standard InChI is InChI=1S/C21H25F3N4O3/c1-4-5-9-26-19(30)15-11-28(13(2)3)12-16(17(15)29)20(31)27-18(21(22,23)24)14-7-6-8-25-10-14/h6-8,10-13,18H,4-5,9H2,1-3H3,(H,26,30)(H,27,31). The van der Waals surface area contributed by atoms with Crippen LogP contribution in [0.2, 0.25) is 0 Å². The van der Waals surface area contributed by atoms with E-state index in [0.29, 0.717) is 13.0 Å². The summed E-state index contributed by atoms with van der Waals surface area (Å²) in [7, 11) is 0. The first kappa shape index (κ1) is 24.1. The second-order valence-corrected chi connectivity index (χ2v) is 7.30. The number of unbranched alkanes of at least 4 members (excludes halogenated alkanes) is 1. The third kappa shape index (κ3) is 6.16. The SMILES string of the molecule is CCCCNC(=O)c1cn(C(C)C)cc(C(=O)NC(c2cccnc2)C(F)(F)F)c1=O. The number of nitrogens with one attached hydrogen (secondary N) is 2. The van der Waals surface area contributed by atoms with Gasteiger partial charge < -0.3 is 15.2 Å². The van der Waals surface area contributed by atoms with Crippen LogP contribution in [0.3, 0.4) is 0 Å². The van der Waals surface area contributed by atoms with E-state index in [2.05, 4.69) is 10.3 Å². The topological polar surface area (TPSA) is 93.1 Å². The van der Waals surface area contributed by atoms with Gasteiger partial charge in [0.1, 0.15) is 11.1 Å². The van der Waals surface area contributed by atoms with Crippen LogP contribution in [0, 0.1) is 0 Å². The molecule has 0 fully saturated rings. The maximum atomic E-state index is 13.6. The minimum absolute atomic E-state index is 0.244. The summed E-state index contributed by atoms with van der Waals surface area (Å²) in [5.74, 6) is -1.91. The molecule has 0 spiro atoms. The Bertz CT molecular complexity index is 972. The summed E-state index contributed by atoms with van der Waals surface area (Å²) in [4.78, 5) is 41.6. The molecule has 2 aromatic heterocycles. The van der Waals surface area contributed by atoms with Gasteiger partial charge in [-0.1, -0.05) is 19.4 Å². The molecule has 0 aliphatic rings. The van der Waals surface area contributed by atoms with Gasteiger partial charge in [0.2, 0.25) is 5.43 Å². The molecule has 0 aliphatic carbocycles. The summed E-state index contributed by atoms with van der Waals surface area (Å²) in [6.45, 7) is 5.77. The summed E-state index contributed by atoms with van der Waals surface area (Å²) >= 11 is 0. The molecule has 2 N–H and O–H groups in total. The van der Waals surface area contributed by atoms with Gasteiger partial charge in [-0.25, -0.2) is 0 Å². The van der Waals surface area contributed by atoms with E-state index >= 15 is 0 Å². The molecule has 0 radical (unpaired) electrons. The molecule has 2 amide bonds. The number of aromatic nitrogens is 2. The molecule has 2 heterocycles. The third-order valence-corrected chi connectivity index (χ3v) is 4.57. The average molecular weight is 438 g/mol. The molecular weight excluding hydrogens is 413 g/mol. The van der Waals surface area contributed by atoms with Crippen LogP contribution in [0.4, 0.5) is 13.2 Å². The predicted molar refractivity (Wildman–Crippen MR) is 109 cm³/mol. The number of amides is 2. The molecule has 1 unspecified atom stereocenters. The number of hydrogen-bond donors (Lipinski definition) is 2. The van der Waals surface area contributed by atoms with Gasteiger partial charge in [0.15, 0.2) is 6.04 Å². The van der Waals surface area contributed by atoms with Crippen LogP contribution in [0.25, 0.3) is 0 Å². The first-order chi connectivity index (χ1) is 14.6. The van der Waals surface area contributed by atoms with E-state index < -0.39 is 35.0 Å². The summed E-state index contributed by atoms with van der Waals surface area (Å²) < 4.78 is 42.2.